The third kappa shape index (κ3) is 6.95. The number of nitrogens with zero attached hydrogens (tertiary/aromatic N) is 5. The van der Waals surface area contributed by atoms with E-state index < -0.39 is 29.0 Å². The summed E-state index contributed by atoms with van der Waals surface area (Å²) in [5, 5.41) is 11.3. The molecule has 9 aromatic rings. The van der Waals surface area contributed by atoms with E-state index in [2.05, 4.69) is 6.07 Å². The number of nitriles is 1. The van der Waals surface area contributed by atoms with Crippen LogP contribution in [0.3, 0.4) is 0 Å². The Bertz CT molecular complexity index is 3030. The molecule has 0 aliphatic carbocycles. The highest BCUT2D eigenvalue weighted by atomic mass is 19.4. The molecule has 0 saturated heterocycles. The van der Waals surface area contributed by atoms with Crippen molar-refractivity contribution in [1.82, 2.24) is 19.5 Å². The van der Waals surface area contributed by atoms with Gasteiger partial charge in [0.1, 0.15) is 0 Å². The standard InChI is InChI=1S/C48H27F6N5/c49-47(50,51)34-19-22-36(41(26-34)48(52,53)54)40-27-35(20-23-39(40)46-57-44(30-11-3-1-4-12-30)56-45(58-46)31-13-5-2-6-14-31)59-42-17-8-7-16-37(42)38-21-18-33(25-43(38)59)32-15-9-10-29(24-32)28-55/h1-27H. The highest BCUT2D eigenvalue weighted by molar-refractivity contribution is 6.10. The molecule has 0 bridgehead atoms. The van der Waals surface area contributed by atoms with E-state index in [0.29, 0.717) is 34.0 Å². The van der Waals surface area contributed by atoms with Gasteiger partial charge in [-0.05, 0) is 76.9 Å². The third-order valence-corrected chi connectivity index (χ3v) is 10.1. The second-order valence-corrected chi connectivity index (χ2v) is 13.8. The number of aromatic nitrogens is 4. The van der Waals surface area contributed by atoms with Crippen molar-refractivity contribution in [2.75, 3.05) is 0 Å². The lowest BCUT2D eigenvalue weighted by molar-refractivity contribution is -0.142. The number of halogens is 6. The van der Waals surface area contributed by atoms with Gasteiger partial charge in [0.2, 0.25) is 0 Å². The van der Waals surface area contributed by atoms with Gasteiger partial charge in [0, 0.05) is 33.2 Å². The third-order valence-electron chi connectivity index (χ3n) is 10.1. The summed E-state index contributed by atoms with van der Waals surface area (Å²) in [4.78, 5) is 14.3. The largest absolute Gasteiger partial charge is 0.417 e. The van der Waals surface area contributed by atoms with E-state index in [1.807, 2.05) is 65.2 Å². The van der Waals surface area contributed by atoms with Gasteiger partial charge < -0.3 is 4.57 Å². The Morgan fingerprint density at radius 2 is 1.03 bits per heavy atom. The summed E-state index contributed by atoms with van der Waals surface area (Å²) >= 11 is 0. The first-order chi connectivity index (χ1) is 28.5. The van der Waals surface area contributed by atoms with Crippen LogP contribution in [0.25, 0.3) is 83.9 Å². The van der Waals surface area contributed by atoms with E-state index in [1.165, 1.54) is 6.07 Å². The number of rotatable bonds is 6. The summed E-state index contributed by atoms with van der Waals surface area (Å²) in [6.45, 7) is 0. The van der Waals surface area contributed by atoms with Crippen molar-refractivity contribution < 1.29 is 26.3 Å². The van der Waals surface area contributed by atoms with E-state index in [9.17, 15) is 18.4 Å². The van der Waals surface area contributed by atoms with Gasteiger partial charge in [-0.25, -0.2) is 15.0 Å². The van der Waals surface area contributed by atoms with Crippen LogP contribution in [-0.4, -0.2) is 19.5 Å². The summed E-state index contributed by atoms with van der Waals surface area (Å²) in [5.74, 6) is 0.529. The van der Waals surface area contributed by atoms with Crippen LogP contribution in [-0.2, 0) is 12.4 Å². The lowest BCUT2D eigenvalue weighted by Gasteiger charge is -2.20. The molecule has 7 aromatic carbocycles. The first-order valence-electron chi connectivity index (χ1n) is 18.3. The molecule has 0 aliphatic heterocycles. The van der Waals surface area contributed by atoms with Crippen LogP contribution in [0.2, 0.25) is 0 Å². The zero-order valence-electron chi connectivity index (χ0n) is 30.6. The van der Waals surface area contributed by atoms with E-state index in [0.717, 1.165) is 33.5 Å². The molecule has 2 heterocycles. The SMILES string of the molecule is N#Cc1cccc(-c2ccc3c4ccccc4n(-c4ccc(-c5nc(-c6ccccc6)nc(-c6ccccc6)n5)c(-c5ccc(C(F)(F)F)cc5C(F)(F)F)c4)c3c2)c1. The van der Waals surface area contributed by atoms with Gasteiger partial charge in [-0.1, -0.05) is 109 Å². The topological polar surface area (TPSA) is 67.4 Å². The number of fused-ring (bicyclic) bond motifs is 3. The number of alkyl halides is 6. The molecule has 5 nitrogen and oxygen atoms in total. The van der Waals surface area contributed by atoms with Crippen LogP contribution in [0.5, 0.6) is 0 Å². The number of para-hydroxylation sites is 1. The summed E-state index contributed by atoms with van der Waals surface area (Å²) in [5.41, 5.74) is 1.92. The summed E-state index contributed by atoms with van der Waals surface area (Å²) < 4.78 is 88.9. The molecule has 0 atom stereocenters. The maximum atomic E-state index is 15.0. The van der Waals surface area contributed by atoms with Crippen molar-refractivity contribution >= 4 is 21.8 Å². The number of benzene rings is 7. The maximum Gasteiger partial charge on any atom is 0.417 e. The van der Waals surface area contributed by atoms with Gasteiger partial charge in [0.15, 0.2) is 17.5 Å². The van der Waals surface area contributed by atoms with E-state index in [1.54, 1.807) is 78.9 Å². The zero-order chi connectivity index (χ0) is 40.9. The molecular weight excluding hydrogens is 761 g/mol. The molecule has 0 spiro atoms. The Morgan fingerprint density at radius 3 is 1.69 bits per heavy atom. The van der Waals surface area contributed by atoms with Gasteiger partial charge in [0.25, 0.3) is 0 Å². The fraction of sp³-hybridized carbons (Fsp3) is 0.0417. The molecule has 286 valence electrons. The van der Waals surface area contributed by atoms with E-state index in [4.69, 9.17) is 15.0 Å². The lowest BCUT2D eigenvalue weighted by atomic mass is 9.92. The molecule has 0 fully saturated rings. The Balaban J connectivity index is 1.35. The Labute approximate surface area is 333 Å². The van der Waals surface area contributed by atoms with Crippen molar-refractivity contribution in [1.29, 1.82) is 5.26 Å². The smallest absolute Gasteiger partial charge is 0.309 e. The fourth-order valence-corrected chi connectivity index (χ4v) is 7.40. The molecule has 0 aliphatic rings. The average molecular weight is 788 g/mol. The first kappa shape index (κ1) is 37.0. The molecule has 0 N–H and O–H groups in total. The van der Waals surface area contributed by atoms with E-state index in [-0.39, 0.29) is 34.7 Å². The molecule has 0 unspecified atom stereocenters. The van der Waals surface area contributed by atoms with Gasteiger partial charge in [-0.2, -0.15) is 31.6 Å². The molecule has 0 saturated carbocycles. The summed E-state index contributed by atoms with van der Waals surface area (Å²) in [6.07, 6.45) is -10.2. The van der Waals surface area contributed by atoms with Crippen molar-refractivity contribution in [2.45, 2.75) is 12.4 Å². The monoisotopic (exact) mass is 787 g/mol. The van der Waals surface area contributed by atoms with E-state index >= 15 is 13.2 Å². The minimum absolute atomic E-state index is 0.0224. The summed E-state index contributed by atoms with van der Waals surface area (Å²) in [7, 11) is 0. The Hall–Kier alpha value is -7.58. The van der Waals surface area contributed by atoms with Gasteiger partial charge >= 0.3 is 12.4 Å². The fourth-order valence-electron chi connectivity index (χ4n) is 7.40. The molecule has 11 heteroatoms. The summed E-state index contributed by atoms with van der Waals surface area (Å²) in [6, 6.07) is 47.3. The molecule has 0 radical (unpaired) electrons. The van der Waals surface area contributed by atoms with Crippen LogP contribution in [0.4, 0.5) is 26.3 Å². The van der Waals surface area contributed by atoms with Gasteiger partial charge in [-0.3, -0.25) is 0 Å². The molecule has 0 amide bonds. The van der Waals surface area contributed by atoms with Crippen LogP contribution < -0.4 is 0 Å². The molecule has 59 heavy (non-hydrogen) atoms. The maximum absolute atomic E-state index is 15.0. The first-order valence-corrected chi connectivity index (χ1v) is 18.3. The van der Waals surface area contributed by atoms with Crippen molar-refractivity contribution in [3.8, 4) is 68.2 Å². The van der Waals surface area contributed by atoms with Crippen LogP contribution in [0.1, 0.15) is 16.7 Å². The predicted molar refractivity (Wildman–Crippen MR) is 216 cm³/mol. The van der Waals surface area contributed by atoms with Crippen molar-refractivity contribution in [3.63, 3.8) is 0 Å². The van der Waals surface area contributed by atoms with Crippen LogP contribution >= 0.6 is 0 Å². The van der Waals surface area contributed by atoms with Crippen LogP contribution in [0.15, 0.2) is 164 Å². The van der Waals surface area contributed by atoms with Crippen molar-refractivity contribution in [2.24, 2.45) is 0 Å². The zero-order valence-corrected chi connectivity index (χ0v) is 30.6. The average Bonchev–Trinajstić information content (AvgIpc) is 3.59. The second kappa shape index (κ2) is 14.4. The quantitative estimate of drug-likeness (QED) is 0.157. The molecular formula is C48H27F6N5. The minimum Gasteiger partial charge on any atom is -0.309 e. The number of hydrogen-bond donors (Lipinski definition) is 0. The number of hydrogen-bond acceptors (Lipinski definition) is 4. The Morgan fingerprint density at radius 1 is 0.441 bits per heavy atom. The van der Waals surface area contributed by atoms with Crippen LogP contribution in [0, 0.1) is 11.3 Å². The molecule has 2 aromatic heterocycles. The van der Waals surface area contributed by atoms with Crippen molar-refractivity contribution in [3.05, 3.63) is 180 Å². The Kier molecular flexibility index (Phi) is 9.05. The predicted octanol–water partition coefficient (Wildman–Crippen LogP) is 13.2. The second-order valence-electron chi connectivity index (χ2n) is 13.8. The lowest BCUT2D eigenvalue weighted by Crippen LogP contribution is -2.12. The molecule has 9 rings (SSSR count). The normalized spacial score (nSPS) is 11.9. The highest BCUT2D eigenvalue weighted by Crippen LogP contribution is 2.45. The minimum atomic E-state index is -5.17. The van der Waals surface area contributed by atoms with Gasteiger partial charge in [-0.15, -0.1) is 0 Å². The van der Waals surface area contributed by atoms with Gasteiger partial charge in [0.05, 0.1) is 33.8 Å². The highest BCUT2D eigenvalue weighted by Gasteiger charge is 2.39.